The third kappa shape index (κ3) is 2.88. The van der Waals surface area contributed by atoms with Gasteiger partial charge in [0.05, 0.1) is 13.3 Å². The Morgan fingerprint density at radius 1 is 1.26 bits per heavy atom. The second-order valence-electron chi connectivity index (χ2n) is 7.18. The number of hydrogen-bond donors (Lipinski definition) is 1. The molecule has 23 heavy (non-hydrogen) atoms. The predicted octanol–water partition coefficient (Wildman–Crippen LogP) is 2.77. The van der Waals surface area contributed by atoms with Gasteiger partial charge in [-0.15, -0.1) is 0 Å². The van der Waals surface area contributed by atoms with Gasteiger partial charge in [-0.1, -0.05) is 29.8 Å². The Hall–Kier alpha value is -1.10. The highest BCUT2D eigenvalue weighted by Crippen LogP contribution is 2.42. The number of nitrogens with one attached hydrogen (secondary N) is 1. The van der Waals surface area contributed by atoms with Crippen molar-refractivity contribution in [3.63, 3.8) is 0 Å². The van der Waals surface area contributed by atoms with Gasteiger partial charge in [-0.2, -0.15) is 0 Å². The van der Waals surface area contributed by atoms with E-state index in [9.17, 15) is 4.79 Å². The van der Waals surface area contributed by atoms with Crippen LogP contribution in [0.3, 0.4) is 0 Å². The summed E-state index contributed by atoms with van der Waals surface area (Å²) in [6.07, 6.45) is 3.87. The maximum atomic E-state index is 12.7. The number of carbonyl (C=O) groups is 1. The van der Waals surface area contributed by atoms with Gasteiger partial charge in [0.1, 0.15) is 0 Å². The topological polar surface area (TPSA) is 41.6 Å². The average molecular weight is 335 g/mol. The molecular weight excluding hydrogens is 312 g/mol. The molecule has 1 aromatic carbocycles. The number of piperidine rings is 1. The van der Waals surface area contributed by atoms with Crippen molar-refractivity contribution < 1.29 is 9.53 Å². The highest BCUT2D eigenvalue weighted by Gasteiger charge is 2.50. The van der Waals surface area contributed by atoms with Crippen LogP contribution in [-0.4, -0.2) is 42.8 Å². The Labute approximate surface area is 142 Å². The first-order valence-electron chi connectivity index (χ1n) is 8.53. The van der Waals surface area contributed by atoms with E-state index >= 15 is 0 Å². The molecular formula is C18H23ClN2O2. The van der Waals surface area contributed by atoms with Crippen LogP contribution in [0.2, 0.25) is 5.02 Å². The Kier molecular flexibility index (Phi) is 4.08. The van der Waals surface area contributed by atoms with Crippen molar-refractivity contribution >= 4 is 17.5 Å². The van der Waals surface area contributed by atoms with Crippen LogP contribution in [0.1, 0.15) is 37.2 Å². The summed E-state index contributed by atoms with van der Waals surface area (Å²) in [4.78, 5) is 14.7. The molecule has 1 aliphatic carbocycles. The number of amides is 1. The number of rotatable bonds is 2. The van der Waals surface area contributed by atoms with Crippen LogP contribution in [0.4, 0.5) is 0 Å². The van der Waals surface area contributed by atoms with Crippen LogP contribution in [0, 0.1) is 5.92 Å². The largest absolute Gasteiger partial charge is 0.364 e. The molecule has 3 aliphatic rings. The minimum Gasteiger partial charge on any atom is -0.364 e. The number of carbonyl (C=O) groups excluding carboxylic acids is 1. The minimum absolute atomic E-state index is 0.0935. The summed E-state index contributed by atoms with van der Waals surface area (Å²) in [6, 6.07) is 8.09. The summed E-state index contributed by atoms with van der Waals surface area (Å²) >= 11 is 6.31. The molecule has 5 heteroatoms. The number of ether oxygens (including phenoxy) is 1. The van der Waals surface area contributed by atoms with E-state index in [0.717, 1.165) is 50.4 Å². The fourth-order valence-corrected chi connectivity index (χ4v) is 4.59. The van der Waals surface area contributed by atoms with E-state index in [2.05, 4.69) is 16.3 Å². The van der Waals surface area contributed by atoms with E-state index in [1.807, 2.05) is 18.2 Å². The average Bonchev–Trinajstić information content (AvgIpc) is 3.04. The Bertz CT molecular complexity index is 584. The number of hydrogen-bond acceptors (Lipinski definition) is 3. The van der Waals surface area contributed by atoms with Crippen LogP contribution in [-0.2, 0) is 9.53 Å². The number of nitrogens with zero attached hydrogens (tertiary/aromatic N) is 1. The number of halogens is 1. The van der Waals surface area contributed by atoms with Crippen LogP contribution in [0.15, 0.2) is 24.3 Å². The summed E-state index contributed by atoms with van der Waals surface area (Å²) in [5.74, 6) is 0.994. The second-order valence-corrected chi connectivity index (χ2v) is 7.58. The third-order valence-corrected chi connectivity index (χ3v) is 6.05. The van der Waals surface area contributed by atoms with Gasteiger partial charge >= 0.3 is 0 Å². The molecule has 1 amide bonds. The van der Waals surface area contributed by atoms with E-state index in [0.29, 0.717) is 18.6 Å². The maximum Gasteiger partial charge on any atom is 0.225 e. The lowest BCUT2D eigenvalue weighted by atomic mass is 9.68. The molecule has 2 saturated heterocycles. The van der Waals surface area contributed by atoms with Crippen molar-refractivity contribution in [1.29, 1.82) is 0 Å². The summed E-state index contributed by atoms with van der Waals surface area (Å²) in [7, 11) is 0. The molecule has 4 rings (SSSR count). The van der Waals surface area contributed by atoms with Crippen molar-refractivity contribution in [2.45, 2.75) is 37.1 Å². The third-order valence-electron chi connectivity index (χ3n) is 5.70. The lowest BCUT2D eigenvalue weighted by molar-refractivity contribution is -0.142. The van der Waals surface area contributed by atoms with Crippen molar-refractivity contribution in [2.24, 2.45) is 5.92 Å². The highest BCUT2D eigenvalue weighted by atomic mass is 35.5. The van der Waals surface area contributed by atoms with Crippen molar-refractivity contribution in [3.8, 4) is 0 Å². The van der Waals surface area contributed by atoms with Gasteiger partial charge in [0.25, 0.3) is 0 Å². The maximum absolute atomic E-state index is 12.7. The molecule has 1 aromatic rings. The highest BCUT2D eigenvalue weighted by molar-refractivity contribution is 6.31. The van der Waals surface area contributed by atoms with Gasteiger partial charge < -0.3 is 9.64 Å². The number of likely N-dealkylation sites (tertiary alicyclic amines) is 1. The zero-order chi connectivity index (χ0) is 15.9. The van der Waals surface area contributed by atoms with Crippen LogP contribution in [0.5, 0.6) is 0 Å². The number of benzene rings is 1. The molecule has 0 atom stereocenters. The summed E-state index contributed by atoms with van der Waals surface area (Å²) in [5.41, 5.74) is 1.33. The van der Waals surface area contributed by atoms with E-state index in [1.54, 1.807) is 0 Å². The zero-order valence-electron chi connectivity index (χ0n) is 13.3. The SMILES string of the molecule is O=C(C1CC2(COCN2)C1)N1CCC(c2ccccc2Cl)CC1. The predicted molar refractivity (Wildman–Crippen MR) is 89.4 cm³/mol. The molecule has 1 spiro atoms. The van der Waals surface area contributed by atoms with Gasteiger partial charge in [0, 0.05) is 29.6 Å². The van der Waals surface area contributed by atoms with Gasteiger partial charge in [-0.3, -0.25) is 10.1 Å². The van der Waals surface area contributed by atoms with E-state index < -0.39 is 0 Å². The first-order valence-corrected chi connectivity index (χ1v) is 8.91. The molecule has 1 N–H and O–H groups in total. The van der Waals surface area contributed by atoms with E-state index in [-0.39, 0.29) is 11.5 Å². The second kappa shape index (κ2) is 6.08. The fourth-order valence-electron chi connectivity index (χ4n) is 4.30. The smallest absolute Gasteiger partial charge is 0.225 e. The summed E-state index contributed by atoms with van der Waals surface area (Å²) in [5, 5.41) is 4.24. The van der Waals surface area contributed by atoms with Crippen LogP contribution >= 0.6 is 11.6 Å². The molecule has 2 heterocycles. The molecule has 0 aromatic heterocycles. The lowest BCUT2D eigenvalue weighted by Gasteiger charge is -2.45. The van der Waals surface area contributed by atoms with Gasteiger partial charge in [0.15, 0.2) is 0 Å². The van der Waals surface area contributed by atoms with Gasteiger partial charge in [-0.05, 0) is 43.2 Å². The van der Waals surface area contributed by atoms with E-state index in [1.165, 1.54) is 5.56 Å². The molecule has 2 aliphatic heterocycles. The molecule has 1 saturated carbocycles. The Morgan fingerprint density at radius 3 is 2.65 bits per heavy atom. The molecule has 4 nitrogen and oxygen atoms in total. The van der Waals surface area contributed by atoms with Gasteiger partial charge in [-0.25, -0.2) is 0 Å². The normalized spacial score (nSPS) is 31.3. The standard InChI is InChI=1S/C18H23ClN2O2/c19-16-4-2-1-3-15(16)13-5-7-21(8-6-13)17(22)14-9-18(10-14)11-23-12-20-18/h1-4,13-14,20H,5-12H2. The lowest BCUT2D eigenvalue weighted by Crippen LogP contribution is -2.58. The monoisotopic (exact) mass is 334 g/mol. The summed E-state index contributed by atoms with van der Waals surface area (Å²) < 4.78 is 5.40. The molecule has 0 unspecified atom stereocenters. The van der Waals surface area contributed by atoms with Crippen molar-refractivity contribution in [2.75, 3.05) is 26.4 Å². The quantitative estimate of drug-likeness (QED) is 0.904. The molecule has 0 bridgehead atoms. The fraction of sp³-hybridized carbons (Fsp3) is 0.611. The molecule has 0 radical (unpaired) electrons. The van der Waals surface area contributed by atoms with Crippen molar-refractivity contribution in [3.05, 3.63) is 34.9 Å². The Morgan fingerprint density at radius 2 is 2.00 bits per heavy atom. The summed E-state index contributed by atoms with van der Waals surface area (Å²) in [6.45, 7) is 3.08. The van der Waals surface area contributed by atoms with Crippen LogP contribution < -0.4 is 5.32 Å². The Balaban J connectivity index is 1.31. The molecule has 124 valence electrons. The van der Waals surface area contributed by atoms with E-state index in [4.69, 9.17) is 16.3 Å². The van der Waals surface area contributed by atoms with Crippen LogP contribution in [0.25, 0.3) is 0 Å². The van der Waals surface area contributed by atoms with Crippen molar-refractivity contribution in [1.82, 2.24) is 10.2 Å². The molecule has 3 fully saturated rings. The first-order chi connectivity index (χ1) is 11.2. The zero-order valence-corrected chi connectivity index (χ0v) is 14.0. The first kappa shape index (κ1) is 15.4. The van der Waals surface area contributed by atoms with Gasteiger partial charge in [0.2, 0.25) is 5.91 Å². The minimum atomic E-state index is 0.0935.